The van der Waals surface area contributed by atoms with Crippen LogP contribution in [0.1, 0.15) is 17.3 Å². The van der Waals surface area contributed by atoms with Crippen LogP contribution in [0.3, 0.4) is 0 Å². The number of carbonyl (C=O) groups excluding carboxylic acids is 2. The summed E-state index contributed by atoms with van der Waals surface area (Å²) in [7, 11) is 0. The van der Waals surface area contributed by atoms with E-state index < -0.39 is 20.1 Å². The van der Waals surface area contributed by atoms with Crippen LogP contribution in [0.15, 0.2) is 78.9 Å². The fourth-order valence-corrected chi connectivity index (χ4v) is 3.91. The molecule has 0 saturated carbocycles. The van der Waals surface area contributed by atoms with E-state index in [1.54, 1.807) is 54.6 Å². The summed E-state index contributed by atoms with van der Waals surface area (Å²) >= 11 is 1.06. The number of benzene rings is 3. The molecular weight excluding hydrogens is 489 g/mol. The molecule has 0 heterocycles. The van der Waals surface area contributed by atoms with Gasteiger partial charge >= 0.3 is 94.4 Å². The zero-order valence-electron chi connectivity index (χ0n) is 16.3. The summed E-state index contributed by atoms with van der Waals surface area (Å²) in [6, 6.07) is 21.3. The van der Waals surface area contributed by atoms with Crippen molar-refractivity contribution in [2.75, 3.05) is 5.32 Å². The molecule has 8 nitrogen and oxygen atoms in total. The number of hydrogen-bond donors (Lipinski definition) is 3. The monoisotopic (exact) mass is 507 g/mol. The maximum atomic E-state index is 11.7. The number of amides is 1. The first-order chi connectivity index (χ1) is 14.7. The molecule has 0 saturated heterocycles. The predicted molar refractivity (Wildman–Crippen MR) is 116 cm³/mol. The van der Waals surface area contributed by atoms with E-state index in [4.69, 9.17) is 21.6 Å². The Hall–Kier alpha value is -2.87. The van der Waals surface area contributed by atoms with Gasteiger partial charge in [0.25, 0.3) is 0 Å². The molecule has 1 amide bonds. The van der Waals surface area contributed by atoms with Crippen LogP contribution >= 0.6 is 11.6 Å². The summed E-state index contributed by atoms with van der Waals surface area (Å²) in [5, 5.41) is 11.1. The first-order valence-corrected chi connectivity index (χ1v) is 12.5. The second kappa shape index (κ2) is 11.5. The second-order valence-corrected chi connectivity index (χ2v) is 10.0. The van der Waals surface area contributed by atoms with Crippen LogP contribution in [-0.2, 0) is 12.4 Å². The Bertz CT molecular complexity index is 1090. The number of rotatable bonds is 5. The van der Waals surface area contributed by atoms with Crippen molar-refractivity contribution in [3.63, 3.8) is 0 Å². The Balaban J connectivity index is 0.000000221. The number of carbonyl (C=O) groups is 2. The van der Waals surface area contributed by atoms with E-state index in [0.29, 0.717) is 22.0 Å². The summed E-state index contributed by atoms with van der Waals surface area (Å²) in [5.74, 6) is -0.235. The van der Waals surface area contributed by atoms with Gasteiger partial charge in [-0.25, -0.2) is 4.79 Å². The summed E-state index contributed by atoms with van der Waals surface area (Å²) in [6.07, 6.45) is 0. The molecule has 0 aliphatic carbocycles. The van der Waals surface area contributed by atoms with Crippen molar-refractivity contribution >= 4 is 47.7 Å². The molecule has 0 radical (unpaired) electrons. The molecule has 0 aliphatic rings. The minimum atomic E-state index is -4.83. The van der Waals surface area contributed by atoms with Gasteiger partial charge in [-0.15, -0.1) is 0 Å². The van der Waals surface area contributed by atoms with Gasteiger partial charge in [-0.05, 0) is 24.3 Å². The Morgan fingerprint density at radius 1 is 0.968 bits per heavy atom. The predicted octanol–water partition coefficient (Wildman–Crippen LogP) is 3.26. The molecule has 0 fully saturated rings. The number of para-hydroxylation sites is 1. The first kappa shape index (κ1) is 24.4. The fourth-order valence-electron chi connectivity index (χ4n) is 2.29. The standard InChI is InChI=1S/C13H9ClO2.C8H10AsNO5/c14-12-9-5-4-8-11(12)13(15)16-10-6-2-1-3-7-10;1-6(11)10-8-4-2-3-7(5-8)9(12,13)15-14/h1-9H;2-5,14H,1H3,(H,10,11)(H,12,13). The van der Waals surface area contributed by atoms with Crippen molar-refractivity contribution in [2.45, 2.75) is 6.92 Å². The third-order valence-corrected chi connectivity index (χ3v) is 6.40. The third-order valence-electron chi connectivity index (χ3n) is 3.65. The van der Waals surface area contributed by atoms with E-state index >= 15 is 0 Å². The average Bonchev–Trinajstić information content (AvgIpc) is 2.75. The first-order valence-electron chi connectivity index (χ1n) is 8.79. The maximum absolute atomic E-state index is 11.7. The van der Waals surface area contributed by atoms with Crippen LogP contribution in [0, 0.1) is 0 Å². The van der Waals surface area contributed by atoms with Gasteiger partial charge in [-0.3, -0.25) is 0 Å². The second-order valence-electron chi connectivity index (χ2n) is 6.02. The van der Waals surface area contributed by atoms with E-state index in [0.717, 1.165) is 0 Å². The molecule has 3 rings (SSSR count). The van der Waals surface area contributed by atoms with Gasteiger partial charge in [0, 0.05) is 0 Å². The molecule has 10 heteroatoms. The van der Waals surface area contributed by atoms with E-state index in [9.17, 15) is 17.4 Å². The van der Waals surface area contributed by atoms with Crippen molar-refractivity contribution < 1.29 is 31.3 Å². The van der Waals surface area contributed by atoms with Crippen LogP contribution in [-0.4, -0.2) is 35.4 Å². The number of halogens is 1. The third kappa shape index (κ3) is 7.71. The van der Waals surface area contributed by atoms with Crippen LogP contribution in [0.25, 0.3) is 0 Å². The smallest absolute Gasteiger partial charge is 0.345 e. The van der Waals surface area contributed by atoms with Crippen molar-refractivity contribution in [1.82, 2.24) is 0 Å². The van der Waals surface area contributed by atoms with Gasteiger partial charge in [-0.2, -0.15) is 0 Å². The minimum absolute atomic E-state index is 0.0399. The molecule has 0 aliphatic heterocycles. The molecule has 1 unspecified atom stereocenters. The van der Waals surface area contributed by atoms with Crippen LogP contribution in [0.2, 0.25) is 5.02 Å². The van der Waals surface area contributed by atoms with Crippen LogP contribution in [0.5, 0.6) is 5.75 Å². The van der Waals surface area contributed by atoms with E-state index in [1.165, 1.54) is 25.1 Å². The van der Waals surface area contributed by atoms with Crippen LogP contribution < -0.4 is 14.4 Å². The van der Waals surface area contributed by atoms with Gasteiger partial charge in [0.05, 0.1) is 10.6 Å². The fraction of sp³-hybridized carbons (Fsp3) is 0.0476. The van der Waals surface area contributed by atoms with Crippen molar-refractivity contribution in [1.29, 1.82) is 0 Å². The Morgan fingerprint density at radius 2 is 1.61 bits per heavy atom. The molecule has 3 N–H and O–H groups in total. The van der Waals surface area contributed by atoms with Gasteiger partial charge in [0.15, 0.2) is 0 Å². The zero-order chi connectivity index (χ0) is 22.9. The number of hydrogen-bond acceptors (Lipinski definition) is 6. The quantitative estimate of drug-likeness (QED) is 0.159. The van der Waals surface area contributed by atoms with E-state index in [-0.39, 0.29) is 10.3 Å². The minimum Gasteiger partial charge on any atom is -0.423 e. The van der Waals surface area contributed by atoms with Crippen LogP contribution in [0.4, 0.5) is 5.69 Å². The molecule has 0 spiro atoms. The van der Waals surface area contributed by atoms with Crippen molar-refractivity contribution in [3.05, 3.63) is 89.4 Å². The number of esters is 1. The number of anilines is 1. The van der Waals surface area contributed by atoms with E-state index in [1.807, 2.05) is 6.07 Å². The van der Waals surface area contributed by atoms with Gasteiger partial charge in [-0.1, -0.05) is 41.9 Å². The van der Waals surface area contributed by atoms with Gasteiger partial charge < -0.3 is 4.74 Å². The van der Waals surface area contributed by atoms with E-state index in [2.05, 4.69) is 9.19 Å². The summed E-state index contributed by atoms with van der Waals surface area (Å²) < 4.78 is 29.1. The Labute approximate surface area is 186 Å². The topological polar surface area (TPSA) is 122 Å². The van der Waals surface area contributed by atoms with Gasteiger partial charge in [0.1, 0.15) is 5.75 Å². The Morgan fingerprint density at radius 3 is 2.23 bits per heavy atom. The summed E-state index contributed by atoms with van der Waals surface area (Å²) in [6.45, 7) is 1.32. The molecule has 0 bridgehead atoms. The van der Waals surface area contributed by atoms with Crippen molar-refractivity contribution in [3.8, 4) is 5.75 Å². The van der Waals surface area contributed by atoms with Gasteiger partial charge in [0.2, 0.25) is 0 Å². The average molecular weight is 508 g/mol. The number of nitrogens with one attached hydrogen (secondary N) is 1. The molecule has 1 atom stereocenters. The largest absolute Gasteiger partial charge is 0.423 e. The molecule has 31 heavy (non-hydrogen) atoms. The number of ether oxygens (including phenoxy) is 1. The SMILES string of the molecule is CC(=O)Nc1cccc([As](=O)(O)OO)c1.O=C(Oc1ccccc1)c1ccccc1Cl. The van der Waals surface area contributed by atoms with Crippen molar-refractivity contribution in [2.24, 2.45) is 0 Å². The summed E-state index contributed by atoms with van der Waals surface area (Å²) in [5.41, 5.74) is 0.737. The molecule has 3 aromatic carbocycles. The maximum Gasteiger partial charge on any atom is 0.345 e. The molecule has 162 valence electrons. The molecule has 3 aromatic rings. The normalized spacial score (nSPS) is 12.0. The molecule has 0 aromatic heterocycles. The summed E-state index contributed by atoms with van der Waals surface area (Å²) in [4.78, 5) is 22.5. The Kier molecular flexibility index (Phi) is 9.05. The zero-order valence-corrected chi connectivity index (χ0v) is 18.9. The molecular formula is C21H19AsClNO7.